The predicted molar refractivity (Wildman–Crippen MR) is 108 cm³/mol. The van der Waals surface area contributed by atoms with Gasteiger partial charge in [0.2, 0.25) is 0 Å². The molecule has 4 unspecified atom stereocenters. The molecule has 0 spiro atoms. The second-order valence-corrected chi connectivity index (χ2v) is 8.22. The first kappa shape index (κ1) is 21.3. The van der Waals surface area contributed by atoms with Gasteiger partial charge in [-0.2, -0.15) is 5.10 Å². The van der Waals surface area contributed by atoms with Crippen LogP contribution in [0.25, 0.3) is 0 Å². The average Bonchev–Trinajstić information content (AvgIpc) is 2.90. The first-order valence-corrected chi connectivity index (χ1v) is 9.87. The molecule has 0 bridgehead atoms. The molecule has 4 atom stereocenters. The van der Waals surface area contributed by atoms with Crippen LogP contribution in [0.15, 0.2) is 29.4 Å². The highest BCUT2D eigenvalue weighted by molar-refractivity contribution is 5.82. The Kier molecular flexibility index (Phi) is 6.01. The van der Waals surface area contributed by atoms with E-state index in [0.717, 1.165) is 18.1 Å². The number of rotatable bonds is 4. The maximum absolute atomic E-state index is 14.2. The van der Waals surface area contributed by atoms with Crippen LogP contribution in [0.3, 0.4) is 0 Å². The molecule has 1 N–H and O–H groups in total. The summed E-state index contributed by atoms with van der Waals surface area (Å²) in [7, 11) is 0. The van der Waals surface area contributed by atoms with Crippen molar-refractivity contribution in [1.29, 1.82) is 0 Å². The molecular weight excluding hydrogens is 380 g/mol. The SMILES string of the molecule is Cc1c(F)c(F)c(F)c(N/N=C/c2ccccc2C2C(C)C(C)C(C)C2C)c1F. The van der Waals surface area contributed by atoms with Gasteiger partial charge in [-0.05, 0) is 47.6 Å². The van der Waals surface area contributed by atoms with Crippen LogP contribution in [0.1, 0.15) is 50.3 Å². The Morgan fingerprint density at radius 1 is 0.793 bits per heavy atom. The third-order valence-electron chi connectivity index (χ3n) is 6.84. The summed E-state index contributed by atoms with van der Waals surface area (Å²) in [5.74, 6) is -3.65. The molecule has 2 nitrogen and oxygen atoms in total. The van der Waals surface area contributed by atoms with Crippen LogP contribution >= 0.6 is 0 Å². The first-order chi connectivity index (χ1) is 13.7. The number of nitrogens with one attached hydrogen (secondary N) is 1. The molecule has 2 aromatic carbocycles. The summed E-state index contributed by atoms with van der Waals surface area (Å²) in [4.78, 5) is 0. The van der Waals surface area contributed by atoms with Crippen molar-refractivity contribution in [3.8, 4) is 0 Å². The summed E-state index contributed by atoms with van der Waals surface area (Å²) >= 11 is 0. The van der Waals surface area contributed by atoms with Gasteiger partial charge in [0.1, 0.15) is 5.69 Å². The molecule has 29 heavy (non-hydrogen) atoms. The third-order valence-corrected chi connectivity index (χ3v) is 6.84. The van der Waals surface area contributed by atoms with Crippen molar-refractivity contribution in [3.05, 3.63) is 64.2 Å². The maximum atomic E-state index is 14.2. The van der Waals surface area contributed by atoms with Gasteiger partial charge in [0.05, 0.1) is 6.21 Å². The summed E-state index contributed by atoms with van der Waals surface area (Å²) < 4.78 is 55.2. The molecule has 156 valence electrons. The van der Waals surface area contributed by atoms with Crippen LogP contribution in [0.4, 0.5) is 23.2 Å². The van der Waals surface area contributed by atoms with Gasteiger partial charge in [-0.3, -0.25) is 5.43 Å². The van der Waals surface area contributed by atoms with E-state index >= 15 is 0 Å². The van der Waals surface area contributed by atoms with Crippen LogP contribution in [0, 0.1) is 53.9 Å². The lowest BCUT2D eigenvalue weighted by Gasteiger charge is -2.23. The summed E-state index contributed by atoms with van der Waals surface area (Å²) in [6.07, 6.45) is 1.47. The maximum Gasteiger partial charge on any atom is 0.197 e. The summed E-state index contributed by atoms with van der Waals surface area (Å²) in [6, 6.07) is 7.76. The Bertz CT molecular complexity index is 898. The van der Waals surface area contributed by atoms with Crippen molar-refractivity contribution in [2.45, 2.75) is 40.5 Å². The highest BCUT2D eigenvalue weighted by Crippen LogP contribution is 2.51. The first-order valence-electron chi connectivity index (χ1n) is 9.87. The minimum Gasteiger partial charge on any atom is -0.272 e. The van der Waals surface area contributed by atoms with Crippen molar-refractivity contribution in [2.24, 2.45) is 28.8 Å². The van der Waals surface area contributed by atoms with Gasteiger partial charge in [0.25, 0.3) is 0 Å². The molecular formula is C23H26F4N2. The normalized spacial score (nSPS) is 27.0. The van der Waals surface area contributed by atoms with Gasteiger partial charge < -0.3 is 0 Å². The topological polar surface area (TPSA) is 24.4 Å². The molecule has 1 aliphatic rings. The van der Waals surface area contributed by atoms with Crippen molar-refractivity contribution >= 4 is 11.9 Å². The second kappa shape index (κ2) is 8.17. The molecule has 2 aromatic rings. The molecule has 1 aliphatic carbocycles. The highest BCUT2D eigenvalue weighted by atomic mass is 19.2. The van der Waals surface area contributed by atoms with Crippen LogP contribution in [-0.2, 0) is 0 Å². The molecule has 6 heteroatoms. The van der Waals surface area contributed by atoms with E-state index in [2.05, 4.69) is 38.2 Å². The van der Waals surface area contributed by atoms with Gasteiger partial charge in [0.15, 0.2) is 23.3 Å². The number of hydrogen-bond donors (Lipinski definition) is 1. The molecule has 0 saturated heterocycles. The van der Waals surface area contributed by atoms with Gasteiger partial charge in [-0.25, -0.2) is 17.6 Å². The number of anilines is 1. The third kappa shape index (κ3) is 3.65. The van der Waals surface area contributed by atoms with Crippen molar-refractivity contribution in [2.75, 3.05) is 5.43 Å². The van der Waals surface area contributed by atoms with E-state index in [1.807, 2.05) is 24.3 Å². The minimum atomic E-state index is -1.72. The van der Waals surface area contributed by atoms with E-state index in [1.54, 1.807) is 0 Å². The average molecular weight is 406 g/mol. The number of hydrogen-bond acceptors (Lipinski definition) is 2. The fourth-order valence-electron chi connectivity index (χ4n) is 4.60. The van der Waals surface area contributed by atoms with Gasteiger partial charge in [-0.15, -0.1) is 0 Å². The standard InChI is InChI=1S/C23H26F4N2/c1-11-12(2)14(4)18(13(11)3)17-9-7-6-8-16(17)10-28-29-23-20(25)15(5)19(24)21(26)22(23)27/h6-14,18,29H,1-5H3/b28-10+. The minimum absolute atomic E-state index is 0.335. The number of benzene rings is 2. The number of halogens is 4. The van der Waals surface area contributed by atoms with E-state index in [4.69, 9.17) is 0 Å². The van der Waals surface area contributed by atoms with E-state index < -0.39 is 34.5 Å². The summed E-state index contributed by atoms with van der Waals surface area (Å²) in [5.41, 5.74) is 2.75. The quantitative estimate of drug-likeness (QED) is 0.199. The van der Waals surface area contributed by atoms with E-state index in [1.165, 1.54) is 6.21 Å². The Hall–Kier alpha value is -2.37. The van der Waals surface area contributed by atoms with Gasteiger partial charge >= 0.3 is 0 Å². The largest absolute Gasteiger partial charge is 0.272 e. The Balaban J connectivity index is 1.91. The van der Waals surface area contributed by atoms with Crippen molar-refractivity contribution < 1.29 is 17.6 Å². The van der Waals surface area contributed by atoms with Crippen molar-refractivity contribution in [3.63, 3.8) is 0 Å². The molecule has 3 rings (SSSR count). The highest BCUT2D eigenvalue weighted by Gasteiger charge is 2.42. The molecule has 0 aliphatic heterocycles. The van der Waals surface area contributed by atoms with Crippen molar-refractivity contribution in [1.82, 2.24) is 0 Å². The molecule has 0 amide bonds. The lowest BCUT2D eigenvalue weighted by molar-refractivity contribution is 0.352. The van der Waals surface area contributed by atoms with Crippen LogP contribution in [-0.4, -0.2) is 6.21 Å². The van der Waals surface area contributed by atoms with Crippen LogP contribution in [0.2, 0.25) is 0 Å². The van der Waals surface area contributed by atoms with E-state index in [9.17, 15) is 17.6 Å². The zero-order chi connectivity index (χ0) is 21.5. The predicted octanol–water partition coefficient (Wildman–Crippen LogP) is 6.64. The van der Waals surface area contributed by atoms with Crippen LogP contribution < -0.4 is 5.43 Å². The molecule has 0 heterocycles. The Morgan fingerprint density at radius 2 is 1.38 bits per heavy atom. The van der Waals surface area contributed by atoms with Crippen LogP contribution in [0.5, 0.6) is 0 Å². The number of nitrogens with zero attached hydrogens (tertiary/aromatic N) is 1. The molecule has 1 saturated carbocycles. The fraction of sp³-hybridized carbons (Fsp3) is 0.435. The molecule has 1 fully saturated rings. The molecule has 0 radical (unpaired) electrons. The van der Waals surface area contributed by atoms with Gasteiger partial charge in [0, 0.05) is 5.56 Å². The summed E-state index contributed by atoms with van der Waals surface area (Å²) in [5, 5.41) is 3.92. The number of hydrazone groups is 1. The fourth-order valence-corrected chi connectivity index (χ4v) is 4.60. The summed E-state index contributed by atoms with van der Waals surface area (Å²) in [6.45, 7) is 10.1. The zero-order valence-electron chi connectivity index (χ0n) is 17.2. The Labute approximate surface area is 169 Å². The second-order valence-electron chi connectivity index (χ2n) is 8.22. The van der Waals surface area contributed by atoms with Gasteiger partial charge in [-0.1, -0.05) is 52.0 Å². The lowest BCUT2D eigenvalue weighted by atomic mass is 9.81. The zero-order valence-corrected chi connectivity index (χ0v) is 17.2. The van der Waals surface area contributed by atoms with E-state index in [0.29, 0.717) is 29.6 Å². The smallest absolute Gasteiger partial charge is 0.197 e. The van der Waals surface area contributed by atoms with E-state index in [-0.39, 0.29) is 0 Å². The Morgan fingerprint density at radius 3 is 2.00 bits per heavy atom. The molecule has 0 aromatic heterocycles. The lowest BCUT2D eigenvalue weighted by Crippen LogP contribution is -2.13. The monoisotopic (exact) mass is 406 g/mol.